The van der Waals surface area contributed by atoms with E-state index >= 15 is 0 Å². The minimum atomic E-state index is -0.647. The number of carbonyl (C=O) groups is 1. The molecule has 1 aromatic carbocycles. The van der Waals surface area contributed by atoms with Crippen LogP contribution in [0.2, 0.25) is 0 Å². The molecule has 1 aliphatic carbocycles. The van der Waals surface area contributed by atoms with Gasteiger partial charge in [-0.3, -0.25) is 4.79 Å². The normalized spacial score (nSPS) is 17.9. The molecule has 1 aromatic rings. The zero-order valence-corrected chi connectivity index (χ0v) is 13.3. The van der Waals surface area contributed by atoms with Crippen LogP contribution in [0.1, 0.15) is 44.6 Å². The van der Waals surface area contributed by atoms with Crippen molar-refractivity contribution in [2.24, 2.45) is 0 Å². The SMILES string of the molecule is CCOC1(C(=O)Cc2cc(F)cc(Br)c2)CCCCC1. The maximum Gasteiger partial charge on any atom is 0.168 e. The molecule has 0 bridgehead atoms. The number of Topliss-reactive ketones (excluding diaryl/α,β-unsaturated/α-hetero) is 1. The van der Waals surface area contributed by atoms with Gasteiger partial charge in [0, 0.05) is 17.5 Å². The monoisotopic (exact) mass is 342 g/mol. The van der Waals surface area contributed by atoms with Gasteiger partial charge < -0.3 is 4.74 Å². The van der Waals surface area contributed by atoms with E-state index in [1.54, 1.807) is 6.07 Å². The molecule has 0 unspecified atom stereocenters. The quantitative estimate of drug-likeness (QED) is 0.790. The average molecular weight is 343 g/mol. The van der Waals surface area contributed by atoms with Gasteiger partial charge in [0.2, 0.25) is 0 Å². The molecule has 1 fully saturated rings. The summed E-state index contributed by atoms with van der Waals surface area (Å²) in [5, 5.41) is 0. The third kappa shape index (κ3) is 3.67. The van der Waals surface area contributed by atoms with E-state index in [4.69, 9.17) is 4.74 Å². The predicted molar refractivity (Wildman–Crippen MR) is 80.3 cm³/mol. The molecular weight excluding hydrogens is 323 g/mol. The van der Waals surface area contributed by atoms with Crippen molar-refractivity contribution in [1.29, 1.82) is 0 Å². The van der Waals surface area contributed by atoms with Crippen molar-refractivity contribution in [1.82, 2.24) is 0 Å². The summed E-state index contributed by atoms with van der Waals surface area (Å²) in [6, 6.07) is 4.61. The van der Waals surface area contributed by atoms with E-state index in [1.807, 2.05) is 6.92 Å². The number of hydrogen-bond acceptors (Lipinski definition) is 2. The Morgan fingerprint density at radius 2 is 2.00 bits per heavy atom. The largest absolute Gasteiger partial charge is 0.367 e. The lowest BCUT2D eigenvalue weighted by molar-refractivity contribution is -0.148. The Balaban J connectivity index is 2.15. The number of ether oxygens (including phenoxy) is 1. The van der Waals surface area contributed by atoms with E-state index in [9.17, 15) is 9.18 Å². The molecule has 20 heavy (non-hydrogen) atoms. The van der Waals surface area contributed by atoms with Crippen molar-refractivity contribution in [2.75, 3.05) is 6.61 Å². The Kier molecular flexibility index (Phi) is 5.33. The lowest BCUT2D eigenvalue weighted by Gasteiger charge is -2.35. The standard InChI is InChI=1S/C16H20BrFO2/c1-2-20-16(6-4-3-5-7-16)15(19)10-12-8-13(17)11-14(18)9-12/h8-9,11H,2-7,10H2,1H3. The van der Waals surface area contributed by atoms with Gasteiger partial charge in [0.1, 0.15) is 11.4 Å². The minimum absolute atomic E-state index is 0.0801. The molecule has 1 saturated carbocycles. The third-order valence-electron chi connectivity index (χ3n) is 3.88. The van der Waals surface area contributed by atoms with E-state index in [2.05, 4.69) is 15.9 Å². The molecule has 0 aromatic heterocycles. The average Bonchev–Trinajstić information content (AvgIpc) is 2.38. The van der Waals surface area contributed by atoms with Crippen LogP contribution in [0, 0.1) is 5.82 Å². The van der Waals surface area contributed by atoms with E-state index in [0.717, 1.165) is 32.1 Å². The summed E-state index contributed by atoms with van der Waals surface area (Å²) in [6.45, 7) is 2.46. The molecule has 2 nitrogen and oxygen atoms in total. The maximum atomic E-state index is 13.4. The number of benzene rings is 1. The molecule has 2 rings (SSSR count). The number of ketones is 1. The topological polar surface area (TPSA) is 26.3 Å². The molecular formula is C16H20BrFO2. The molecule has 0 amide bonds. The molecule has 110 valence electrons. The van der Waals surface area contributed by atoms with Crippen molar-refractivity contribution >= 4 is 21.7 Å². The Hall–Kier alpha value is -0.740. The van der Waals surface area contributed by atoms with Crippen LogP contribution in [-0.2, 0) is 16.0 Å². The second kappa shape index (κ2) is 6.81. The summed E-state index contributed by atoms with van der Waals surface area (Å²) in [4.78, 5) is 12.6. The van der Waals surface area contributed by atoms with Crippen LogP contribution >= 0.6 is 15.9 Å². The summed E-state index contributed by atoms with van der Waals surface area (Å²) < 4.78 is 19.9. The fourth-order valence-electron chi connectivity index (χ4n) is 2.96. The van der Waals surface area contributed by atoms with Crippen LogP contribution < -0.4 is 0 Å². The van der Waals surface area contributed by atoms with Crippen molar-refractivity contribution < 1.29 is 13.9 Å². The molecule has 1 aliphatic rings. The van der Waals surface area contributed by atoms with Gasteiger partial charge in [-0.2, -0.15) is 0 Å². The lowest BCUT2D eigenvalue weighted by Crippen LogP contribution is -2.44. The highest BCUT2D eigenvalue weighted by Gasteiger charge is 2.39. The van der Waals surface area contributed by atoms with Crippen LogP contribution in [0.4, 0.5) is 4.39 Å². The maximum absolute atomic E-state index is 13.4. The molecule has 0 aliphatic heterocycles. The van der Waals surface area contributed by atoms with Crippen molar-refractivity contribution in [3.8, 4) is 0 Å². The first kappa shape index (κ1) is 15.6. The van der Waals surface area contributed by atoms with Gasteiger partial charge in [0.15, 0.2) is 5.78 Å². The van der Waals surface area contributed by atoms with Gasteiger partial charge in [-0.05, 0) is 43.5 Å². The second-order valence-electron chi connectivity index (χ2n) is 5.37. The molecule has 0 atom stereocenters. The first-order valence-corrected chi connectivity index (χ1v) is 7.97. The van der Waals surface area contributed by atoms with Gasteiger partial charge in [-0.1, -0.05) is 35.2 Å². The van der Waals surface area contributed by atoms with E-state index in [0.29, 0.717) is 16.6 Å². The van der Waals surface area contributed by atoms with E-state index in [1.165, 1.54) is 12.1 Å². The van der Waals surface area contributed by atoms with Crippen LogP contribution in [0.5, 0.6) is 0 Å². The van der Waals surface area contributed by atoms with Gasteiger partial charge in [0.25, 0.3) is 0 Å². The fourth-order valence-corrected chi connectivity index (χ4v) is 3.48. The summed E-state index contributed by atoms with van der Waals surface area (Å²) in [7, 11) is 0. The van der Waals surface area contributed by atoms with Crippen molar-refractivity contribution in [3.63, 3.8) is 0 Å². The van der Waals surface area contributed by atoms with Crippen LogP contribution in [-0.4, -0.2) is 18.0 Å². The van der Waals surface area contributed by atoms with Crippen LogP contribution in [0.25, 0.3) is 0 Å². The van der Waals surface area contributed by atoms with Crippen molar-refractivity contribution in [3.05, 3.63) is 34.1 Å². The Morgan fingerprint density at radius 1 is 1.30 bits per heavy atom. The minimum Gasteiger partial charge on any atom is -0.367 e. The number of halogens is 2. The summed E-state index contributed by atoms with van der Waals surface area (Å²) in [5.41, 5.74) is 0.0535. The highest BCUT2D eigenvalue weighted by molar-refractivity contribution is 9.10. The second-order valence-corrected chi connectivity index (χ2v) is 6.28. The van der Waals surface area contributed by atoms with Crippen LogP contribution in [0.3, 0.4) is 0 Å². The zero-order valence-electron chi connectivity index (χ0n) is 11.8. The van der Waals surface area contributed by atoms with Gasteiger partial charge in [-0.25, -0.2) is 4.39 Å². The highest BCUT2D eigenvalue weighted by atomic mass is 79.9. The molecule has 0 saturated heterocycles. The first-order chi connectivity index (χ1) is 9.55. The molecule has 0 spiro atoms. The Bertz CT molecular complexity index is 456. The predicted octanol–water partition coefficient (Wildman–Crippen LogP) is 4.44. The summed E-state index contributed by atoms with van der Waals surface area (Å²) in [6.07, 6.45) is 5.02. The van der Waals surface area contributed by atoms with Gasteiger partial charge >= 0.3 is 0 Å². The number of rotatable bonds is 5. The Morgan fingerprint density at radius 3 is 2.60 bits per heavy atom. The molecule has 0 heterocycles. The van der Waals surface area contributed by atoms with Crippen LogP contribution in [0.15, 0.2) is 22.7 Å². The summed E-state index contributed by atoms with van der Waals surface area (Å²) in [5.74, 6) is -0.243. The number of carbonyl (C=O) groups excluding carboxylic acids is 1. The van der Waals surface area contributed by atoms with E-state index < -0.39 is 5.60 Å². The van der Waals surface area contributed by atoms with Gasteiger partial charge in [0.05, 0.1) is 0 Å². The van der Waals surface area contributed by atoms with Gasteiger partial charge in [-0.15, -0.1) is 0 Å². The molecule has 4 heteroatoms. The zero-order chi connectivity index (χ0) is 14.6. The fraction of sp³-hybridized carbons (Fsp3) is 0.562. The van der Waals surface area contributed by atoms with Crippen molar-refractivity contribution in [2.45, 2.75) is 51.0 Å². The summed E-state index contributed by atoms with van der Waals surface area (Å²) >= 11 is 3.26. The van der Waals surface area contributed by atoms with E-state index in [-0.39, 0.29) is 18.0 Å². The first-order valence-electron chi connectivity index (χ1n) is 7.18. The molecule has 0 radical (unpaired) electrons. The third-order valence-corrected chi connectivity index (χ3v) is 4.33. The Labute approximate surface area is 127 Å². The smallest absolute Gasteiger partial charge is 0.168 e. The number of hydrogen-bond donors (Lipinski definition) is 0. The lowest BCUT2D eigenvalue weighted by atomic mass is 9.79. The highest BCUT2D eigenvalue weighted by Crippen LogP contribution is 2.33. The molecule has 0 N–H and O–H groups in total.